The summed E-state index contributed by atoms with van der Waals surface area (Å²) in [6, 6.07) is 13.5. The number of benzene rings is 2. The molecule has 0 spiro atoms. The van der Waals surface area contributed by atoms with Gasteiger partial charge in [-0.05, 0) is 48.5 Å². The van der Waals surface area contributed by atoms with Crippen molar-refractivity contribution in [2.45, 2.75) is 0 Å². The number of carbonyl (C=O) groups excluding carboxylic acids is 1. The van der Waals surface area contributed by atoms with Gasteiger partial charge in [-0.1, -0.05) is 0 Å². The van der Waals surface area contributed by atoms with Crippen LogP contribution in [-0.2, 0) is 0 Å². The standard InChI is InChI=1S/C19H23FN4O/c20-16-3-7-18(8-4-16)24-13-11-23(12-14-24)10-9-22-19(25)15-1-5-17(21)6-2-15/h1-8H,9-14,21H2,(H,22,25). The summed E-state index contributed by atoms with van der Waals surface area (Å²) in [4.78, 5) is 16.6. The zero-order chi connectivity index (χ0) is 17.6. The highest BCUT2D eigenvalue weighted by molar-refractivity contribution is 5.94. The minimum Gasteiger partial charge on any atom is -0.399 e. The molecule has 6 heteroatoms. The van der Waals surface area contributed by atoms with Crippen LogP contribution in [0.15, 0.2) is 48.5 Å². The normalized spacial score (nSPS) is 15.2. The highest BCUT2D eigenvalue weighted by Crippen LogP contribution is 2.16. The van der Waals surface area contributed by atoms with Crippen LogP contribution in [0.25, 0.3) is 0 Å². The molecule has 0 radical (unpaired) electrons. The molecule has 1 fully saturated rings. The number of nitrogens with one attached hydrogen (secondary N) is 1. The van der Waals surface area contributed by atoms with E-state index in [1.807, 2.05) is 12.1 Å². The maximum atomic E-state index is 13.0. The number of anilines is 2. The van der Waals surface area contributed by atoms with E-state index in [-0.39, 0.29) is 11.7 Å². The van der Waals surface area contributed by atoms with E-state index in [0.29, 0.717) is 17.8 Å². The smallest absolute Gasteiger partial charge is 0.251 e. The zero-order valence-electron chi connectivity index (χ0n) is 14.1. The van der Waals surface area contributed by atoms with Crippen LogP contribution in [0.4, 0.5) is 15.8 Å². The van der Waals surface area contributed by atoms with Gasteiger partial charge in [0.1, 0.15) is 5.82 Å². The highest BCUT2D eigenvalue weighted by Gasteiger charge is 2.17. The topological polar surface area (TPSA) is 61.6 Å². The van der Waals surface area contributed by atoms with Gasteiger partial charge in [0.2, 0.25) is 0 Å². The Balaban J connectivity index is 1.40. The Labute approximate surface area is 147 Å². The summed E-state index contributed by atoms with van der Waals surface area (Å²) < 4.78 is 13.0. The van der Waals surface area contributed by atoms with Crippen LogP contribution >= 0.6 is 0 Å². The van der Waals surface area contributed by atoms with Crippen molar-refractivity contribution >= 4 is 17.3 Å². The fourth-order valence-corrected chi connectivity index (χ4v) is 2.95. The molecule has 0 bridgehead atoms. The summed E-state index contributed by atoms with van der Waals surface area (Å²) in [5, 5.41) is 2.94. The number of nitrogens with zero attached hydrogens (tertiary/aromatic N) is 2. The van der Waals surface area contributed by atoms with Crippen molar-refractivity contribution in [1.82, 2.24) is 10.2 Å². The van der Waals surface area contributed by atoms with Crippen LogP contribution in [0.1, 0.15) is 10.4 Å². The average molecular weight is 342 g/mol. The van der Waals surface area contributed by atoms with Crippen LogP contribution in [0, 0.1) is 5.82 Å². The summed E-state index contributed by atoms with van der Waals surface area (Å²) in [5.41, 5.74) is 7.95. The fourth-order valence-electron chi connectivity index (χ4n) is 2.95. The van der Waals surface area contributed by atoms with E-state index >= 15 is 0 Å². The van der Waals surface area contributed by atoms with Gasteiger partial charge in [-0.3, -0.25) is 9.69 Å². The van der Waals surface area contributed by atoms with Crippen molar-refractivity contribution in [3.8, 4) is 0 Å². The third-order valence-electron chi connectivity index (χ3n) is 4.45. The Hall–Kier alpha value is -2.60. The van der Waals surface area contributed by atoms with Crippen molar-refractivity contribution in [1.29, 1.82) is 0 Å². The molecule has 0 saturated carbocycles. The molecule has 2 aromatic rings. The third-order valence-corrected chi connectivity index (χ3v) is 4.45. The summed E-state index contributed by atoms with van der Waals surface area (Å²) in [6.07, 6.45) is 0. The largest absolute Gasteiger partial charge is 0.399 e. The lowest BCUT2D eigenvalue weighted by Crippen LogP contribution is -2.48. The molecule has 0 unspecified atom stereocenters. The van der Waals surface area contributed by atoms with E-state index in [4.69, 9.17) is 5.73 Å². The minimum absolute atomic E-state index is 0.0788. The molecule has 1 aliphatic rings. The predicted octanol–water partition coefficient (Wildman–Crippen LogP) is 1.96. The first-order valence-electron chi connectivity index (χ1n) is 8.48. The molecule has 5 nitrogen and oxygen atoms in total. The monoisotopic (exact) mass is 342 g/mol. The van der Waals surface area contributed by atoms with Crippen molar-refractivity contribution < 1.29 is 9.18 Å². The summed E-state index contributed by atoms with van der Waals surface area (Å²) in [6.45, 7) is 5.08. The number of nitrogens with two attached hydrogens (primary N) is 1. The zero-order valence-corrected chi connectivity index (χ0v) is 14.1. The second-order valence-corrected chi connectivity index (χ2v) is 6.18. The van der Waals surface area contributed by atoms with Gasteiger partial charge >= 0.3 is 0 Å². The lowest BCUT2D eigenvalue weighted by Gasteiger charge is -2.36. The second kappa shape index (κ2) is 7.98. The molecule has 3 rings (SSSR count). The maximum absolute atomic E-state index is 13.0. The molecule has 3 N–H and O–H groups in total. The summed E-state index contributed by atoms with van der Waals surface area (Å²) in [5.74, 6) is -0.288. The first kappa shape index (κ1) is 17.2. The van der Waals surface area contributed by atoms with Gasteiger partial charge in [-0.25, -0.2) is 4.39 Å². The molecule has 1 saturated heterocycles. The number of rotatable bonds is 5. The molecular formula is C19H23FN4O. The first-order chi connectivity index (χ1) is 12.1. The van der Waals surface area contributed by atoms with E-state index in [1.165, 1.54) is 12.1 Å². The molecular weight excluding hydrogens is 319 g/mol. The number of hydrogen-bond donors (Lipinski definition) is 2. The van der Waals surface area contributed by atoms with E-state index in [0.717, 1.165) is 38.4 Å². The summed E-state index contributed by atoms with van der Waals surface area (Å²) >= 11 is 0. The van der Waals surface area contributed by atoms with Crippen molar-refractivity contribution in [2.24, 2.45) is 0 Å². The van der Waals surface area contributed by atoms with E-state index in [9.17, 15) is 9.18 Å². The lowest BCUT2D eigenvalue weighted by molar-refractivity contribution is 0.0948. The molecule has 0 atom stereocenters. The van der Waals surface area contributed by atoms with Crippen LogP contribution in [0.5, 0.6) is 0 Å². The van der Waals surface area contributed by atoms with Gasteiger partial charge in [-0.15, -0.1) is 0 Å². The number of amides is 1. The van der Waals surface area contributed by atoms with Crippen molar-refractivity contribution in [2.75, 3.05) is 49.9 Å². The molecule has 1 heterocycles. The van der Waals surface area contributed by atoms with Crippen molar-refractivity contribution in [3.05, 3.63) is 59.9 Å². The lowest BCUT2D eigenvalue weighted by atomic mass is 10.2. The number of halogens is 1. The molecule has 25 heavy (non-hydrogen) atoms. The van der Waals surface area contributed by atoms with E-state index < -0.39 is 0 Å². The van der Waals surface area contributed by atoms with Crippen LogP contribution in [0.3, 0.4) is 0 Å². The molecule has 132 valence electrons. The molecule has 1 aliphatic heterocycles. The van der Waals surface area contributed by atoms with Crippen LogP contribution in [0.2, 0.25) is 0 Å². The minimum atomic E-state index is -0.209. The van der Waals surface area contributed by atoms with Crippen LogP contribution in [-0.4, -0.2) is 50.1 Å². The third kappa shape index (κ3) is 4.70. The van der Waals surface area contributed by atoms with Crippen LogP contribution < -0.4 is 16.0 Å². The quantitative estimate of drug-likeness (QED) is 0.816. The Kier molecular flexibility index (Phi) is 5.50. The molecule has 2 aromatic carbocycles. The Bertz CT molecular complexity index is 694. The van der Waals surface area contributed by atoms with Gasteiger partial charge in [0.15, 0.2) is 0 Å². The van der Waals surface area contributed by atoms with Gasteiger partial charge in [0.25, 0.3) is 5.91 Å². The number of nitrogen functional groups attached to an aromatic ring is 1. The highest BCUT2D eigenvalue weighted by atomic mass is 19.1. The van der Waals surface area contributed by atoms with E-state index in [1.54, 1.807) is 24.3 Å². The SMILES string of the molecule is Nc1ccc(C(=O)NCCN2CCN(c3ccc(F)cc3)CC2)cc1. The van der Waals surface area contributed by atoms with E-state index in [2.05, 4.69) is 15.1 Å². The Morgan fingerprint density at radius 1 is 1.00 bits per heavy atom. The number of piperazine rings is 1. The Morgan fingerprint density at radius 3 is 2.28 bits per heavy atom. The van der Waals surface area contributed by atoms with Gasteiger partial charge in [0, 0.05) is 56.2 Å². The predicted molar refractivity (Wildman–Crippen MR) is 98.2 cm³/mol. The summed E-state index contributed by atoms with van der Waals surface area (Å²) in [7, 11) is 0. The Morgan fingerprint density at radius 2 is 1.64 bits per heavy atom. The number of carbonyl (C=O) groups is 1. The number of hydrogen-bond acceptors (Lipinski definition) is 4. The van der Waals surface area contributed by atoms with Gasteiger partial charge in [0.05, 0.1) is 0 Å². The maximum Gasteiger partial charge on any atom is 0.251 e. The molecule has 0 aromatic heterocycles. The average Bonchev–Trinajstić information content (AvgIpc) is 2.63. The van der Waals surface area contributed by atoms with Gasteiger partial charge in [-0.2, -0.15) is 0 Å². The van der Waals surface area contributed by atoms with Gasteiger partial charge < -0.3 is 16.0 Å². The molecule has 0 aliphatic carbocycles. The molecule has 1 amide bonds. The fraction of sp³-hybridized carbons (Fsp3) is 0.316. The first-order valence-corrected chi connectivity index (χ1v) is 8.48. The van der Waals surface area contributed by atoms with Crippen molar-refractivity contribution in [3.63, 3.8) is 0 Å². The second-order valence-electron chi connectivity index (χ2n) is 6.18.